The van der Waals surface area contributed by atoms with E-state index < -0.39 is 0 Å². The number of benzene rings is 1. The molecular weight excluding hydrogens is 473 g/mol. The molecule has 0 fully saturated rings. The zero-order valence-electron chi connectivity index (χ0n) is 23.8. The topological polar surface area (TPSA) is 0 Å². The lowest BCUT2D eigenvalue weighted by atomic mass is 9.82. The van der Waals surface area contributed by atoms with Crippen LogP contribution in [0.25, 0.3) is 31.3 Å². The molecule has 36 heavy (non-hydrogen) atoms. The van der Waals surface area contributed by atoms with Crippen molar-refractivity contribution in [3.05, 3.63) is 68.5 Å². The van der Waals surface area contributed by atoms with Gasteiger partial charge in [-0.25, -0.2) is 0 Å². The number of rotatable bonds is 4. The third-order valence-corrected chi connectivity index (χ3v) is 10.8. The molecule has 0 bridgehead atoms. The van der Waals surface area contributed by atoms with Gasteiger partial charge in [-0.2, -0.15) is 0 Å². The van der Waals surface area contributed by atoms with E-state index in [-0.39, 0.29) is 10.8 Å². The third-order valence-electron chi connectivity index (χ3n) is 7.94. The fraction of sp³-hybridized carbons (Fsp3) is 0.471. The van der Waals surface area contributed by atoms with Gasteiger partial charge in [0.1, 0.15) is 0 Å². The smallest absolute Gasteiger partial charge is 0.0434 e. The van der Waals surface area contributed by atoms with Gasteiger partial charge in [0.2, 0.25) is 0 Å². The van der Waals surface area contributed by atoms with Crippen LogP contribution in [0.1, 0.15) is 115 Å². The van der Waals surface area contributed by atoms with Crippen molar-refractivity contribution in [1.29, 1.82) is 0 Å². The Bertz CT molecular complexity index is 1310. The standard InChI is InChI=1S/C34H42S2/c1-19(2)27-17-25-29(21-11-13-23(15-21)33(5,6)7)32-26(18-28(36-32)20(3)4)30(31(25)35-27)22-12-14-24(16-22)34(8,9)10/h11-14,17-20H,15-16H2,1-10H3. The van der Waals surface area contributed by atoms with Crippen LogP contribution in [0.5, 0.6) is 0 Å². The van der Waals surface area contributed by atoms with E-state index in [4.69, 9.17) is 0 Å². The van der Waals surface area contributed by atoms with Crippen molar-refractivity contribution in [2.45, 2.75) is 93.9 Å². The van der Waals surface area contributed by atoms with E-state index in [1.54, 1.807) is 11.1 Å². The minimum atomic E-state index is 0.205. The van der Waals surface area contributed by atoms with Crippen LogP contribution in [-0.4, -0.2) is 0 Å². The van der Waals surface area contributed by atoms with E-state index >= 15 is 0 Å². The van der Waals surface area contributed by atoms with Crippen LogP contribution in [0.2, 0.25) is 0 Å². The predicted molar refractivity (Wildman–Crippen MR) is 166 cm³/mol. The lowest BCUT2D eigenvalue weighted by molar-refractivity contribution is 0.497. The quantitative estimate of drug-likeness (QED) is 0.325. The van der Waals surface area contributed by atoms with Crippen molar-refractivity contribution >= 4 is 54.0 Å². The molecule has 0 radical (unpaired) electrons. The van der Waals surface area contributed by atoms with Gasteiger partial charge in [-0.15, -0.1) is 22.7 Å². The fourth-order valence-electron chi connectivity index (χ4n) is 5.44. The second-order valence-corrected chi connectivity index (χ2v) is 15.6. The molecular formula is C34H42S2. The molecule has 5 rings (SSSR count). The van der Waals surface area contributed by atoms with Crippen LogP contribution in [0.3, 0.4) is 0 Å². The SMILES string of the molecule is CC(C)c1cc2c(C3=CC=C(C(C)(C)C)C3)c3sc(C(C)C)cc3c(C3=CC=C(C(C)(C)C)C3)c2s1. The Balaban J connectivity index is 1.78. The van der Waals surface area contributed by atoms with Gasteiger partial charge in [-0.1, -0.05) is 105 Å². The summed E-state index contributed by atoms with van der Waals surface area (Å²) in [5.41, 5.74) is 9.50. The molecule has 0 aliphatic heterocycles. The summed E-state index contributed by atoms with van der Waals surface area (Å²) in [6.45, 7) is 23.4. The molecule has 0 saturated heterocycles. The van der Waals surface area contributed by atoms with Gasteiger partial charge in [0.05, 0.1) is 0 Å². The molecule has 0 spiro atoms. The van der Waals surface area contributed by atoms with E-state index in [0.29, 0.717) is 11.8 Å². The highest BCUT2D eigenvalue weighted by molar-refractivity contribution is 7.21. The molecule has 3 aromatic rings. The van der Waals surface area contributed by atoms with Crippen molar-refractivity contribution in [2.24, 2.45) is 10.8 Å². The summed E-state index contributed by atoms with van der Waals surface area (Å²) in [6, 6.07) is 5.06. The Kier molecular flexibility index (Phi) is 6.32. The van der Waals surface area contributed by atoms with Gasteiger partial charge in [0, 0.05) is 41.1 Å². The Labute approximate surface area is 226 Å². The van der Waals surface area contributed by atoms with Crippen molar-refractivity contribution in [3.8, 4) is 0 Å². The van der Waals surface area contributed by atoms with Gasteiger partial charge in [0.25, 0.3) is 0 Å². The lowest BCUT2D eigenvalue weighted by Crippen LogP contribution is -2.08. The first-order valence-corrected chi connectivity index (χ1v) is 15.2. The minimum absolute atomic E-state index is 0.205. The molecule has 2 heterocycles. The van der Waals surface area contributed by atoms with Crippen LogP contribution in [0, 0.1) is 10.8 Å². The maximum absolute atomic E-state index is 2.53. The fourth-order valence-corrected chi connectivity index (χ4v) is 7.96. The summed E-state index contributed by atoms with van der Waals surface area (Å²) in [7, 11) is 0. The average molecular weight is 515 g/mol. The second-order valence-electron chi connectivity index (χ2n) is 13.5. The van der Waals surface area contributed by atoms with Crippen molar-refractivity contribution in [2.75, 3.05) is 0 Å². The number of thiophene rings is 2. The van der Waals surface area contributed by atoms with Gasteiger partial charge < -0.3 is 0 Å². The normalized spacial score (nSPS) is 17.0. The zero-order chi connectivity index (χ0) is 26.2. The molecule has 0 nitrogen and oxygen atoms in total. The van der Waals surface area contributed by atoms with Crippen LogP contribution in [0.15, 0.2) is 47.6 Å². The summed E-state index contributed by atoms with van der Waals surface area (Å²) in [5, 5.41) is 2.95. The molecule has 0 unspecified atom stereocenters. The third kappa shape index (κ3) is 4.39. The summed E-state index contributed by atoms with van der Waals surface area (Å²) < 4.78 is 2.99. The van der Waals surface area contributed by atoms with Crippen molar-refractivity contribution in [3.63, 3.8) is 0 Å². The first kappa shape index (κ1) is 25.7. The molecule has 0 saturated carbocycles. The van der Waals surface area contributed by atoms with Crippen LogP contribution in [-0.2, 0) is 0 Å². The summed E-state index contributed by atoms with van der Waals surface area (Å²) in [5.74, 6) is 1.07. The number of allylic oxidation sites excluding steroid dienone is 8. The molecule has 2 aliphatic rings. The monoisotopic (exact) mass is 514 g/mol. The van der Waals surface area contributed by atoms with E-state index in [2.05, 4.69) is 106 Å². The van der Waals surface area contributed by atoms with Gasteiger partial charge in [0.15, 0.2) is 0 Å². The molecule has 2 heteroatoms. The molecule has 2 aliphatic carbocycles. The number of fused-ring (bicyclic) bond motifs is 2. The zero-order valence-corrected chi connectivity index (χ0v) is 25.5. The Morgan fingerprint density at radius 3 is 1.22 bits per heavy atom. The highest BCUT2D eigenvalue weighted by atomic mass is 32.1. The summed E-state index contributed by atoms with van der Waals surface area (Å²) >= 11 is 4.07. The largest absolute Gasteiger partial charge is 0.139 e. The van der Waals surface area contributed by atoms with Crippen molar-refractivity contribution in [1.82, 2.24) is 0 Å². The highest BCUT2D eigenvalue weighted by Gasteiger charge is 2.29. The van der Waals surface area contributed by atoms with Gasteiger partial charge in [-0.05, 0) is 58.8 Å². The summed E-state index contributed by atoms with van der Waals surface area (Å²) in [4.78, 5) is 3.00. The molecule has 0 atom stereocenters. The molecule has 1 aromatic carbocycles. The first-order chi connectivity index (χ1) is 16.8. The average Bonchev–Trinajstić information content (AvgIpc) is 3.55. The van der Waals surface area contributed by atoms with E-state index in [1.807, 2.05) is 22.7 Å². The lowest BCUT2D eigenvalue weighted by Gasteiger charge is -2.22. The minimum Gasteiger partial charge on any atom is -0.139 e. The van der Waals surface area contributed by atoms with E-state index in [0.717, 1.165) is 12.8 Å². The van der Waals surface area contributed by atoms with Crippen LogP contribution < -0.4 is 0 Å². The summed E-state index contributed by atoms with van der Waals surface area (Å²) in [6.07, 6.45) is 11.8. The molecule has 2 aromatic heterocycles. The number of hydrogen-bond donors (Lipinski definition) is 0. The van der Waals surface area contributed by atoms with Crippen LogP contribution in [0.4, 0.5) is 0 Å². The maximum Gasteiger partial charge on any atom is 0.0434 e. The van der Waals surface area contributed by atoms with Gasteiger partial charge in [-0.3, -0.25) is 0 Å². The molecule has 0 amide bonds. The maximum atomic E-state index is 2.53. The van der Waals surface area contributed by atoms with Gasteiger partial charge >= 0.3 is 0 Å². The Morgan fingerprint density at radius 1 is 0.583 bits per heavy atom. The highest BCUT2D eigenvalue weighted by Crippen LogP contribution is 2.52. The Hall–Kier alpha value is -1.90. The molecule has 0 N–H and O–H groups in total. The first-order valence-electron chi connectivity index (χ1n) is 13.6. The van der Waals surface area contributed by atoms with E-state index in [9.17, 15) is 0 Å². The predicted octanol–water partition coefficient (Wildman–Crippen LogP) is 11.9. The van der Waals surface area contributed by atoms with Crippen LogP contribution >= 0.6 is 22.7 Å². The van der Waals surface area contributed by atoms with E-state index in [1.165, 1.54) is 52.2 Å². The number of hydrogen-bond acceptors (Lipinski definition) is 2. The van der Waals surface area contributed by atoms with Crippen molar-refractivity contribution < 1.29 is 0 Å². The molecule has 190 valence electrons. The Morgan fingerprint density at radius 2 is 0.944 bits per heavy atom. The second kappa shape index (κ2) is 8.84.